The lowest BCUT2D eigenvalue weighted by atomic mass is 9.87. The zero-order valence-electron chi connectivity index (χ0n) is 23.4. The maximum Gasteiger partial charge on any atom is 0.224 e. The molecular weight excluding hydrogens is 514 g/mol. The fourth-order valence-corrected chi connectivity index (χ4v) is 6.22. The summed E-state index contributed by atoms with van der Waals surface area (Å²) in [5, 5.41) is 11.9. The number of hydrogen-bond acceptors (Lipinski definition) is 7. The van der Waals surface area contributed by atoms with Crippen LogP contribution >= 0.6 is 0 Å². The molecule has 2 aliphatic rings. The Morgan fingerprint density at radius 1 is 0.976 bits per heavy atom. The van der Waals surface area contributed by atoms with E-state index >= 15 is 0 Å². The lowest BCUT2D eigenvalue weighted by Gasteiger charge is -2.34. The second-order valence-electron chi connectivity index (χ2n) is 11.5. The number of aromatic nitrogens is 6. The number of carbonyl (C=O) groups excluding carboxylic acids is 1. The highest BCUT2D eigenvalue weighted by Gasteiger charge is 2.20. The van der Waals surface area contributed by atoms with Gasteiger partial charge in [0.2, 0.25) is 5.91 Å². The van der Waals surface area contributed by atoms with Crippen molar-refractivity contribution in [3.63, 3.8) is 0 Å². The SMILES string of the molecule is CN1CCN(c2cncc3[nH]c(-c4n[nH]c5ccc(-c6cncc(NC(=O)CC7CCCCC7)c6)nc45)cc23)CC1. The van der Waals surface area contributed by atoms with Gasteiger partial charge in [-0.25, -0.2) is 4.98 Å². The van der Waals surface area contributed by atoms with Crippen molar-refractivity contribution in [3.05, 3.63) is 49.1 Å². The first kappa shape index (κ1) is 25.6. The molecule has 1 amide bonds. The summed E-state index contributed by atoms with van der Waals surface area (Å²) in [6, 6.07) is 8.03. The lowest BCUT2D eigenvalue weighted by Crippen LogP contribution is -2.44. The number of fused-ring (bicyclic) bond motifs is 2. The number of pyridine rings is 3. The summed E-state index contributed by atoms with van der Waals surface area (Å²) in [6.07, 6.45) is 13.9. The zero-order valence-corrected chi connectivity index (χ0v) is 23.4. The van der Waals surface area contributed by atoms with Crippen LogP contribution in [0.3, 0.4) is 0 Å². The fourth-order valence-electron chi connectivity index (χ4n) is 6.22. The first-order valence-electron chi connectivity index (χ1n) is 14.6. The molecule has 2 fully saturated rings. The number of piperazine rings is 1. The van der Waals surface area contributed by atoms with E-state index in [2.05, 4.69) is 53.4 Å². The normalized spacial score (nSPS) is 17.0. The van der Waals surface area contributed by atoms with Gasteiger partial charge >= 0.3 is 0 Å². The molecule has 0 unspecified atom stereocenters. The Bertz CT molecular complexity index is 1690. The average Bonchev–Trinajstić information content (AvgIpc) is 3.62. The number of H-pyrrole nitrogens is 2. The molecule has 0 atom stereocenters. The third-order valence-electron chi connectivity index (χ3n) is 8.55. The predicted molar refractivity (Wildman–Crippen MR) is 162 cm³/mol. The molecule has 10 nitrogen and oxygen atoms in total. The topological polar surface area (TPSA) is 119 Å². The van der Waals surface area contributed by atoms with Crippen molar-refractivity contribution in [1.82, 2.24) is 35.0 Å². The van der Waals surface area contributed by atoms with Crippen LogP contribution in [0, 0.1) is 5.92 Å². The number of aromatic amines is 2. The third-order valence-corrected chi connectivity index (χ3v) is 8.55. The van der Waals surface area contributed by atoms with Gasteiger partial charge in [-0.1, -0.05) is 19.3 Å². The molecule has 1 saturated carbocycles. The van der Waals surface area contributed by atoms with Crippen LogP contribution in [-0.4, -0.2) is 74.2 Å². The van der Waals surface area contributed by atoms with Crippen molar-refractivity contribution < 1.29 is 4.79 Å². The first-order valence-corrected chi connectivity index (χ1v) is 14.6. The Morgan fingerprint density at radius 2 is 1.80 bits per heavy atom. The molecule has 6 heterocycles. The van der Waals surface area contributed by atoms with E-state index in [9.17, 15) is 4.79 Å². The van der Waals surface area contributed by atoms with E-state index in [-0.39, 0.29) is 5.91 Å². The minimum absolute atomic E-state index is 0.0561. The highest BCUT2D eigenvalue weighted by Crippen LogP contribution is 2.34. The number of likely N-dealkylation sites (N-methyl/N-ethyl adjacent to an activating group) is 1. The predicted octanol–water partition coefficient (Wildman–Crippen LogP) is 5.22. The van der Waals surface area contributed by atoms with Gasteiger partial charge in [0.15, 0.2) is 0 Å². The van der Waals surface area contributed by atoms with Gasteiger partial charge in [-0.15, -0.1) is 0 Å². The molecule has 0 radical (unpaired) electrons. The van der Waals surface area contributed by atoms with Gasteiger partial charge in [-0.05, 0) is 50.1 Å². The minimum Gasteiger partial charge on any atom is -0.367 e. The van der Waals surface area contributed by atoms with Crippen LogP contribution < -0.4 is 10.2 Å². The Kier molecular flexibility index (Phi) is 6.84. The highest BCUT2D eigenvalue weighted by molar-refractivity contribution is 5.99. The monoisotopic (exact) mass is 549 g/mol. The van der Waals surface area contributed by atoms with Crippen molar-refractivity contribution in [1.29, 1.82) is 0 Å². The van der Waals surface area contributed by atoms with E-state index in [1.54, 1.807) is 12.4 Å². The van der Waals surface area contributed by atoms with E-state index in [0.717, 1.165) is 89.3 Å². The molecule has 0 spiro atoms. The highest BCUT2D eigenvalue weighted by atomic mass is 16.1. The molecule has 210 valence electrons. The van der Waals surface area contributed by atoms with Crippen LogP contribution in [0.4, 0.5) is 11.4 Å². The zero-order chi connectivity index (χ0) is 27.8. The quantitative estimate of drug-likeness (QED) is 0.266. The van der Waals surface area contributed by atoms with Crippen molar-refractivity contribution in [2.75, 3.05) is 43.4 Å². The number of hydrogen-bond donors (Lipinski definition) is 3. The van der Waals surface area contributed by atoms with Crippen molar-refractivity contribution in [3.8, 4) is 22.6 Å². The second kappa shape index (κ2) is 10.9. The summed E-state index contributed by atoms with van der Waals surface area (Å²) in [4.78, 5) is 34.9. The first-order chi connectivity index (χ1) is 20.1. The van der Waals surface area contributed by atoms with Crippen molar-refractivity contribution in [2.45, 2.75) is 38.5 Å². The summed E-state index contributed by atoms with van der Waals surface area (Å²) in [5.41, 5.74) is 7.69. The van der Waals surface area contributed by atoms with Crippen molar-refractivity contribution in [2.24, 2.45) is 5.92 Å². The number of anilines is 2. The molecule has 0 bridgehead atoms. The molecule has 5 aromatic rings. The number of amides is 1. The summed E-state index contributed by atoms with van der Waals surface area (Å²) in [6.45, 7) is 4.01. The third kappa shape index (κ3) is 5.27. The fraction of sp³-hybridized carbons (Fsp3) is 0.387. The summed E-state index contributed by atoms with van der Waals surface area (Å²) < 4.78 is 0. The van der Waals surface area contributed by atoms with E-state index < -0.39 is 0 Å². The number of carbonyl (C=O) groups is 1. The van der Waals surface area contributed by atoms with Gasteiger partial charge in [0.1, 0.15) is 11.2 Å². The van der Waals surface area contributed by atoms with E-state index in [1.165, 1.54) is 19.3 Å². The number of rotatable bonds is 6. The van der Waals surface area contributed by atoms with Crippen molar-refractivity contribution >= 4 is 39.2 Å². The second-order valence-corrected chi connectivity index (χ2v) is 11.5. The van der Waals surface area contributed by atoms with Crippen LogP contribution in [0.25, 0.3) is 44.6 Å². The summed E-state index contributed by atoms with van der Waals surface area (Å²) in [7, 11) is 2.16. The molecular formula is C31H35N9O. The van der Waals surface area contributed by atoms with E-state index in [1.807, 2.05) is 30.6 Å². The molecule has 1 aliphatic carbocycles. The van der Waals surface area contributed by atoms with E-state index in [4.69, 9.17) is 4.98 Å². The molecule has 0 aromatic carbocycles. The van der Waals surface area contributed by atoms with Gasteiger partial charge in [0, 0.05) is 49.7 Å². The van der Waals surface area contributed by atoms with Crippen LogP contribution in [0.2, 0.25) is 0 Å². The molecule has 10 heteroatoms. The van der Waals surface area contributed by atoms with Gasteiger partial charge in [0.25, 0.3) is 0 Å². The number of nitrogens with zero attached hydrogens (tertiary/aromatic N) is 6. The average molecular weight is 550 g/mol. The Balaban J connectivity index is 1.16. The lowest BCUT2D eigenvalue weighted by molar-refractivity contribution is -0.117. The Labute approximate surface area is 238 Å². The van der Waals surface area contributed by atoms with Gasteiger partial charge in [0.05, 0.1) is 52.4 Å². The summed E-state index contributed by atoms with van der Waals surface area (Å²) >= 11 is 0. The van der Waals surface area contributed by atoms with Crippen LogP contribution in [0.15, 0.2) is 49.1 Å². The largest absolute Gasteiger partial charge is 0.367 e. The smallest absolute Gasteiger partial charge is 0.224 e. The molecule has 41 heavy (non-hydrogen) atoms. The minimum atomic E-state index is 0.0561. The summed E-state index contributed by atoms with van der Waals surface area (Å²) in [5.74, 6) is 0.544. The van der Waals surface area contributed by atoms with Crippen LogP contribution in [0.5, 0.6) is 0 Å². The van der Waals surface area contributed by atoms with Crippen LogP contribution in [0.1, 0.15) is 38.5 Å². The molecule has 1 saturated heterocycles. The molecule has 5 aromatic heterocycles. The maximum atomic E-state index is 12.7. The van der Waals surface area contributed by atoms with Gasteiger partial charge in [-0.3, -0.25) is 19.9 Å². The number of nitrogens with one attached hydrogen (secondary N) is 3. The maximum absolute atomic E-state index is 12.7. The molecule has 7 rings (SSSR count). The standard InChI is InChI=1S/C31H35N9O/c1-39-9-11-40(12-10-39)28-19-33-18-27-23(28)15-26(35-27)31-30-25(37-38-31)8-7-24(36-30)21-14-22(17-32-16-21)34-29(41)13-20-5-3-2-4-6-20/h7-8,14-20,35H,2-6,9-13H2,1H3,(H,34,41)(H,37,38). The van der Waals surface area contributed by atoms with Crippen LogP contribution in [-0.2, 0) is 4.79 Å². The Morgan fingerprint density at radius 3 is 2.66 bits per heavy atom. The molecule has 1 aliphatic heterocycles. The van der Waals surface area contributed by atoms with Gasteiger partial charge in [-0.2, -0.15) is 5.10 Å². The van der Waals surface area contributed by atoms with E-state index in [0.29, 0.717) is 18.0 Å². The van der Waals surface area contributed by atoms with Gasteiger partial charge < -0.3 is 20.1 Å². The molecule has 3 N–H and O–H groups in total. The Hall–Kier alpha value is -4.31.